The van der Waals surface area contributed by atoms with E-state index < -0.39 is 0 Å². The van der Waals surface area contributed by atoms with Gasteiger partial charge in [-0.15, -0.1) is 0 Å². The molecule has 0 aromatic heterocycles. The highest BCUT2D eigenvalue weighted by Crippen LogP contribution is 2.27. The van der Waals surface area contributed by atoms with E-state index in [9.17, 15) is 9.90 Å². The first kappa shape index (κ1) is 14.7. The van der Waals surface area contributed by atoms with E-state index in [0.29, 0.717) is 5.75 Å². The molecule has 20 heavy (non-hydrogen) atoms. The molecule has 1 atom stereocenters. The van der Waals surface area contributed by atoms with Gasteiger partial charge in [-0.25, -0.2) is 0 Å². The fourth-order valence-corrected chi connectivity index (χ4v) is 2.61. The SMILES string of the molecule is CC(C(=O)N(C)C)N1CCN(c2ccccc2O)CC1. The Labute approximate surface area is 120 Å². The number of piperazine rings is 1. The fraction of sp³-hybridized carbons (Fsp3) is 0.533. The molecule has 0 bridgehead atoms. The zero-order valence-electron chi connectivity index (χ0n) is 12.4. The van der Waals surface area contributed by atoms with Gasteiger partial charge in [0.2, 0.25) is 5.91 Å². The van der Waals surface area contributed by atoms with E-state index in [-0.39, 0.29) is 11.9 Å². The van der Waals surface area contributed by atoms with Crippen molar-refractivity contribution in [3.05, 3.63) is 24.3 Å². The van der Waals surface area contributed by atoms with Gasteiger partial charge in [-0.2, -0.15) is 0 Å². The minimum atomic E-state index is -0.0866. The summed E-state index contributed by atoms with van der Waals surface area (Å²) in [4.78, 5) is 18.0. The standard InChI is InChI=1S/C15H23N3O2/c1-12(15(20)16(2)3)17-8-10-18(11-9-17)13-6-4-5-7-14(13)19/h4-7,12,19H,8-11H2,1-3H3. The van der Waals surface area contributed by atoms with Crippen LogP contribution in [0, 0.1) is 0 Å². The second-order valence-electron chi connectivity index (χ2n) is 5.42. The average molecular weight is 277 g/mol. The van der Waals surface area contributed by atoms with Crippen LogP contribution in [0.3, 0.4) is 0 Å². The lowest BCUT2D eigenvalue weighted by atomic mass is 10.2. The lowest BCUT2D eigenvalue weighted by molar-refractivity contribution is -0.133. The Hall–Kier alpha value is -1.75. The van der Waals surface area contributed by atoms with Gasteiger partial charge in [0.15, 0.2) is 0 Å². The van der Waals surface area contributed by atoms with Crippen LogP contribution in [0.1, 0.15) is 6.92 Å². The van der Waals surface area contributed by atoms with Gasteiger partial charge in [-0.1, -0.05) is 12.1 Å². The van der Waals surface area contributed by atoms with Gasteiger partial charge in [0, 0.05) is 40.3 Å². The summed E-state index contributed by atoms with van der Waals surface area (Å²) in [6.45, 7) is 5.26. The third kappa shape index (κ3) is 3.04. The van der Waals surface area contributed by atoms with E-state index in [1.807, 2.05) is 25.1 Å². The van der Waals surface area contributed by atoms with Crippen LogP contribution in [-0.4, -0.2) is 67.1 Å². The van der Waals surface area contributed by atoms with E-state index >= 15 is 0 Å². The molecule has 0 aliphatic carbocycles. The van der Waals surface area contributed by atoms with Crippen molar-refractivity contribution < 1.29 is 9.90 Å². The van der Waals surface area contributed by atoms with E-state index in [2.05, 4.69) is 9.80 Å². The quantitative estimate of drug-likeness (QED) is 0.895. The number of aromatic hydroxyl groups is 1. The van der Waals surface area contributed by atoms with E-state index in [4.69, 9.17) is 0 Å². The van der Waals surface area contributed by atoms with Gasteiger partial charge >= 0.3 is 0 Å². The van der Waals surface area contributed by atoms with Crippen molar-refractivity contribution in [2.75, 3.05) is 45.2 Å². The van der Waals surface area contributed by atoms with Gasteiger partial charge in [-0.3, -0.25) is 9.69 Å². The summed E-state index contributed by atoms with van der Waals surface area (Å²) in [5.74, 6) is 0.458. The molecule has 1 amide bonds. The predicted octanol–water partition coefficient (Wildman–Crippen LogP) is 0.991. The molecule has 0 spiro atoms. The smallest absolute Gasteiger partial charge is 0.239 e. The highest BCUT2D eigenvalue weighted by molar-refractivity contribution is 5.81. The molecule has 1 fully saturated rings. The van der Waals surface area contributed by atoms with Crippen LogP contribution in [0.25, 0.3) is 0 Å². The number of phenolic OH excluding ortho intramolecular Hbond substituents is 1. The maximum absolute atomic E-state index is 12.0. The zero-order chi connectivity index (χ0) is 14.7. The van der Waals surface area contributed by atoms with E-state index in [1.165, 1.54) is 0 Å². The highest BCUT2D eigenvalue weighted by atomic mass is 16.3. The summed E-state index contributed by atoms with van der Waals surface area (Å²) >= 11 is 0. The molecule has 1 aromatic rings. The van der Waals surface area contributed by atoms with Gasteiger partial charge in [-0.05, 0) is 19.1 Å². The number of nitrogens with zero attached hydrogens (tertiary/aromatic N) is 3. The summed E-state index contributed by atoms with van der Waals surface area (Å²) in [7, 11) is 3.58. The van der Waals surface area contributed by atoms with Gasteiger partial charge in [0.05, 0.1) is 11.7 Å². The summed E-state index contributed by atoms with van der Waals surface area (Å²) in [5.41, 5.74) is 0.874. The average Bonchev–Trinajstić information content (AvgIpc) is 2.46. The number of rotatable bonds is 3. The molecule has 110 valence electrons. The first-order chi connectivity index (χ1) is 9.50. The maximum Gasteiger partial charge on any atom is 0.239 e. The summed E-state index contributed by atoms with van der Waals surface area (Å²) in [5, 5.41) is 9.88. The molecule has 1 aromatic carbocycles. The Morgan fingerprint density at radius 3 is 2.35 bits per heavy atom. The fourth-order valence-electron chi connectivity index (χ4n) is 2.61. The number of anilines is 1. The lowest BCUT2D eigenvalue weighted by Crippen LogP contribution is -2.53. The first-order valence-electron chi connectivity index (χ1n) is 6.99. The molecular weight excluding hydrogens is 254 g/mol. The molecule has 1 aliphatic rings. The van der Waals surface area contributed by atoms with Crippen molar-refractivity contribution in [3.8, 4) is 5.75 Å². The molecule has 1 saturated heterocycles. The second kappa shape index (κ2) is 6.13. The number of amides is 1. The monoisotopic (exact) mass is 277 g/mol. The Morgan fingerprint density at radius 2 is 1.80 bits per heavy atom. The minimum absolute atomic E-state index is 0.0866. The molecule has 1 heterocycles. The molecule has 1 aliphatic heterocycles. The number of carbonyl (C=O) groups is 1. The second-order valence-corrected chi connectivity index (χ2v) is 5.42. The Kier molecular flexibility index (Phi) is 4.49. The molecule has 0 saturated carbocycles. The van der Waals surface area contributed by atoms with E-state index in [1.54, 1.807) is 25.1 Å². The summed E-state index contributed by atoms with van der Waals surface area (Å²) < 4.78 is 0. The number of hydrogen-bond donors (Lipinski definition) is 1. The van der Waals surface area contributed by atoms with Crippen LogP contribution in [-0.2, 0) is 4.79 Å². The number of benzene rings is 1. The summed E-state index contributed by atoms with van der Waals surface area (Å²) in [6, 6.07) is 7.31. The molecule has 5 nitrogen and oxygen atoms in total. The third-order valence-electron chi connectivity index (χ3n) is 3.88. The number of para-hydroxylation sites is 2. The predicted molar refractivity (Wildman–Crippen MR) is 80.0 cm³/mol. The Morgan fingerprint density at radius 1 is 1.20 bits per heavy atom. The number of likely N-dealkylation sites (N-methyl/N-ethyl adjacent to an activating group) is 1. The van der Waals surface area contributed by atoms with Crippen LogP contribution >= 0.6 is 0 Å². The normalized spacial score (nSPS) is 17.9. The molecule has 1 unspecified atom stereocenters. The van der Waals surface area contributed by atoms with Gasteiger partial charge < -0.3 is 14.9 Å². The van der Waals surface area contributed by atoms with Crippen LogP contribution in [0.5, 0.6) is 5.75 Å². The number of hydrogen-bond acceptors (Lipinski definition) is 4. The van der Waals surface area contributed by atoms with Crippen LogP contribution in [0.4, 0.5) is 5.69 Å². The number of phenols is 1. The topological polar surface area (TPSA) is 47.0 Å². The van der Waals surface area contributed by atoms with Crippen LogP contribution in [0.15, 0.2) is 24.3 Å². The zero-order valence-corrected chi connectivity index (χ0v) is 12.4. The summed E-state index contributed by atoms with van der Waals surface area (Å²) in [6.07, 6.45) is 0. The molecule has 5 heteroatoms. The van der Waals surface area contributed by atoms with Crippen molar-refractivity contribution >= 4 is 11.6 Å². The Bertz CT molecular complexity index is 468. The first-order valence-corrected chi connectivity index (χ1v) is 6.99. The van der Waals surface area contributed by atoms with Gasteiger partial charge in [0.1, 0.15) is 5.75 Å². The van der Waals surface area contributed by atoms with Crippen molar-refractivity contribution in [3.63, 3.8) is 0 Å². The molecule has 0 radical (unpaired) electrons. The maximum atomic E-state index is 12.0. The minimum Gasteiger partial charge on any atom is -0.506 e. The molecular formula is C15H23N3O2. The van der Waals surface area contributed by atoms with E-state index in [0.717, 1.165) is 31.9 Å². The van der Waals surface area contributed by atoms with Crippen molar-refractivity contribution in [2.24, 2.45) is 0 Å². The van der Waals surface area contributed by atoms with Crippen molar-refractivity contribution in [1.82, 2.24) is 9.80 Å². The van der Waals surface area contributed by atoms with Crippen molar-refractivity contribution in [2.45, 2.75) is 13.0 Å². The lowest BCUT2D eigenvalue weighted by Gasteiger charge is -2.39. The van der Waals surface area contributed by atoms with Gasteiger partial charge in [0.25, 0.3) is 0 Å². The van der Waals surface area contributed by atoms with Crippen LogP contribution in [0.2, 0.25) is 0 Å². The van der Waals surface area contributed by atoms with Crippen molar-refractivity contribution in [1.29, 1.82) is 0 Å². The third-order valence-corrected chi connectivity index (χ3v) is 3.88. The largest absolute Gasteiger partial charge is 0.506 e. The van der Waals surface area contributed by atoms with Crippen LogP contribution < -0.4 is 4.90 Å². The number of carbonyl (C=O) groups excluding carboxylic acids is 1. The Balaban J connectivity index is 1.96. The highest BCUT2D eigenvalue weighted by Gasteiger charge is 2.27. The molecule has 1 N–H and O–H groups in total. The molecule has 2 rings (SSSR count).